The molecule has 2 heterocycles. The summed E-state index contributed by atoms with van der Waals surface area (Å²) in [5.41, 5.74) is 0.235. The number of nitrogens with zero attached hydrogens (tertiary/aromatic N) is 3. The van der Waals surface area contributed by atoms with E-state index >= 15 is 0 Å². The molecule has 1 saturated heterocycles. The largest absolute Gasteiger partial charge is 0.492 e. The van der Waals surface area contributed by atoms with E-state index in [4.69, 9.17) is 9.47 Å². The lowest BCUT2D eigenvalue weighted by atomic mass is 10.1. The Balaban J connectivity index is 1.48. The SMILES string of the molecule is CN(CCOc1ccc(C[C@H]2SC(=O)N(CC(=O)OC(C)(C)C)C2=O)cc1)c1ccccn1. The highest BCUT2D eigenvalue weighted by Gasteiger charge is 2.41. The van der Waals surface area contributed by atoms with Crippen LogP contribution in [0.4, 0.5) is 10.6 Å². The molecular formula is C24H29N3O5S. The maximum atomic E-state index is 12.7. The minimum absolute atomic E-state index is 0.363. The van der Waals surface area contributed by atoms with Crippen molar-refractivity contribution in [2.45, 2.75) is 38.0 Å². The monoisotopic (exact) mass is 471 g/mol. The van der Waals surface area contributed by atoms with E-state index in [2.05, 4.69) is 4.98 Å². The molecule has 1 aromatic carbocycles. The van der Waals surface area contributed by atoms with Gasteiger partial charge in [-0.3, -0.25) is 19.3 Å². The van der Waals surface area contributed by atoms with Crippen LogP contribution in [0.5, 0.6) is 5.75 Å². The van der Waals surface area contributed by atoms with Crippen LogP contribution in [-0.2, 0) is 20.7 Å². The first-order valence-corrected chi connectivity index (χ1v) is 11.6. The highest BCUT2D eigenvalue weighted by atomic mass is 32.2. The Morgan fingerprint density at radius 3 is 2.52 bits per heavy atom. The molecule has 0 aliphatic carbocycles. The van der Waals surface area contributed by atoms with Crippen LogP contribution in [0, 0.1) is 0 Å². The molecule has 2 amide bonds. The molecule has 9 heteroatoms. The Morgan fingerprint density at radius 1 is 1.15 bits per heavy atom. The average molecular weight is 472 g/mol. The Labute approximate surface area is 198 Å². The molecule has 176 valence electrons. The average Bonchev–Trinajstić information content (AvgIpc) is 3.01. The molecule has 0 saturated carbocycles. The number of hydrogen-bond donors (Lipinski definition) is 0. The molecule has 0 spiro atoms. The van der Waals surface area contributed by atoms with Crippen LogP contribution < -0.4 is 9.64 Å². The standard InChI is InChI=1S/C24H29N3O5S/c1-24(2,3)32-21(28)16-27-22(29)19(33-23(27)30)15-17-8-10-18(11-9-17)31-14-13-26(4)20-7-5-6-12-25-20/h5-12,19H,13-16H2,1-4H3/t19-/m1/s1. The molecule has 33 heavy (non-hydrogen) atoms. The summed E-state index contributed by atoms with van der Waals surface area (Å²) >= 11 is 0.943. The molecule has 1 aliphatic rings. The van der Waals surface area contributed by atoms with E-state index in [1.165, 1.54) is 0 Å². The lowest BCUT2D eigenvalue weighted by Gasteiger charge is -2.21. The molecular weight excluding hydrogens is 442 g/mol. The quantitative estimate of drug-likeness (QED) is 0.513. The smallest absolute Gasteiger partial charge is 0.326 e. The number of thioether (sulfide) groups is 1. The van der Waals surface area contributed by atoms with E-state index in [9.17, 15) is 14.4 Å². The van der Waals surface area contributed by atoms with Gasteiger partial charge in [0.25, 0.3) is 5.24 Å². The van der Waals surface area contributed by atoms with Crippen LogP contribution in [0.15, 0.2) is 48.7 Å². The first-order valence-electron chi connectivity index (χ1n) is 10.7. The molecule has 1 atom stereocenters. The van der Waals surface area contributed by atoms with E-state index in [1.54, 1.807) is 27.0 Å². The van der Waals surface area contributed by atoms with Gasteiger partial charge in [0.2, 0.25) is 5.91 Å². The molecule has 2 aromatic rings. The lowest BCUT2D eigenvalue weighted by Crippen LogP contribution is -2.39. The zero-order valence-electron chi connectivity index (χ0n) is 19.3. The van der Waals surface area contributed by atoms with E-state index in [1.807, 2.05) is 54.4 Å². The molecule has 0 bridgehead atoms. The molecule has 1 fully saturated rings. The van der Waals surface area contributed by atoms with Crippen LogP contribution in [0.25, 0.3) is 0 Å². The predicted molar refractivity (Wildman–Crippen MR) is 127 cm³/mol. The maximum absolute atomic E-state index is 12.7. The summed E-state index contributed by atoms with van der Waals surface area (Å²) in [6, 6.07) is 13.2. The zero-order chi connectivity index (χ0) is 24.0. The number of hydrogen-bond acceptors (Lipinski definition) is 8. The van der Waals surface area contributed by atoms with Crippen molar-refractivity contribution in [2.75, 3.05) is 31.6 Å². The highest BCUT2D eigenvalue weighted by molar-refractivity contribution is 8.15. The maximum Gasteiger partial charge on any atom is 0.326 e. The molecule has 8 nitrogen and oxygen atoms in total. The van der Waals surface area contributed by atoms with Crippen molar-refractivity contribution >= 4 is 34.7 Å². The number of carbonyl (C=O) groups is 3. The number of anilines is 1. The molecule has 0 unspecified atom stereocenters. The van der Waals surface area contributed by atoms with Gasteiger partial charge in [-0.05, 0) is 57.0 Å². The third kappa shape index (κ3) is 7.21. The highest BCUT2D eigenvalue weighted by Crippen LogP contribution is 2.30. The van der Waals surface area contributed by atoms with Crippen molar-refractivity contribution < 1.29 is 23.9 Å². The summed E-state index contributed by atoms with van der Waals surface area (Å²) in [7, 11) is 1.96. The fraction of sp³-hybridized carbons (Fsp3) is 0.417. The van der Waals surface area contributed by atoms with Gasteiger partial charge in [-0.1, -0.05) is 30.0 Å². The minimum Gasteiger partial charge on any atom is -0.492 e. The minimum atomic E-state index is -0.673. The van der Waals surface area contributed by atoms with E-state index in [0.717, 1.165) is 33.8 Å². The van der Waals surface area contributed by atoms with Crippen LogP contribution in [0.1, 0.15) is 26.3 Å². The number of carbonyl (C=O) groups excluding carboxylic acids is 3. The van der Waals surface area contributed by atoms with Crippen molar-refractivity contribution in [1.29, 1.82) is 0 Å². The van der Waals surface area contributed by atoms with Gasteiger partial charge in [0.1, 0.15) is 30.3 Å². The van der Waals surface area contributed by atoms with Gasteiger partial charge < -0.3 is 14.4 Å². The first kappa shape index (κ1) is 24.6. The summed E-state index contributed by atoms with van der Waals surface area (Å²) in [5.74, 6) is 0.640. The first-order chi connectivity index (χ1) is 15.6. The number of amides is 2. The molecule has 0 N–H and O–H groups in total. The van der Waals surface area contributed by atoms with Crippen molar-refractivity contribution in [2.24, 2.45) is 0 Å². The summed E-state index contributed by atoms with van der Waals surface area (Å²) < 4.78 is 11.0. The second kappa shape index (κ2) is 10.7. The van der Waals surface area contributed by atoms with Gasteiger partial charge in [-0.2, -0.15) is 0 Å². The summed E-state index contributed by atoms with van der Waals surface area (Å²) in [4.78, 5) is 44.2. The molecule has 1 aliphatic heterocycles. The van der Waals surface area contributed by atoms with Crippen molar-refractivity contribution in [3.63, 3.8) is 0 Å². The number of likely N-dealkylation sites (N-methyl/N-ethyl adjacent to an activating group) is 1. The number of ether oxygens (including phenoxy) is 2. The number of rotatable bonds is 9. The number of imide groups is 1. The normalized spacial score (nSPS) is 16.1. The van der Waals surface area contributed by atoms with E-state index < -0.39 is 22.1 Å². The molecule has 1 aromatic heterocycles. The van der Waals surface area contributed by atoms with Crippen LogP contribution in [0.2, 0.25) is 0 Å². The molecule has 3 rings (SSSR count). The topological polar surface area (TPSA) is 89.0 Å². The number of pyridine rings is 1. The fourth-order valence-corrected chi connectivity index (χ4v) is 4.23. The van der Waals surface area contributed by atoms with Crippen molar-refractivity contribution in [1.82, 2.24) is 9.88 Å². The molecule has 0 radical (unpaired) electrons. The summed E-state index contributed by atoms with van der Waals surface area (Å²) in [6.45, 7) is 6.03. The lowest BCUT2D eigenvalue weighted by molar-refractivity contribution is -0.157. The Morgan fingerprint density at radius 2 is 1.88 bits per heavy atom. The van der Waals surface area contributed by atoms with Crippen LogP contribution >= 0.6 is 11.8 Å². The van der Waals surface area contributed by atoms with Gasteiger partial charge >= 0.3 is 5.97 Å². The Kier molecular flexibility index (Phi) is 7.97. The van der Waals surface area contributed by atoms with Gasteiger partial charge in [-0.15, -0.1) is 0 Å². The van der Waals surface area contributed by atoms with Crippen LogP contribution in [-0.4, -0.2) is 64.6 Å². The third-order valence-electron chi connectivity index (χ3n) is 4.79. The Hall–Kier alpha value is -3.07. The number of benzene rings is 1. The number of esters is 1. The zero-order valence-corrected chi connectivity index (χ0v) is 20.1. The van der Waals surface area contributed by atoms with Crippen molar-refractivity contribution in [3.05, 3.63) is 54.2 Å². The van der Waals surface area contributed by atoms with E-state index in [0.29, 0.717) is 19.6 Å². The van der Waals surface area contributed by atoms with Gasteiger partial charge in [-0.25, -0.2) is 4.98 Å². The summed E-state index contributed by atoms with van der Waals surface area (Å²) in [5, 5.41) is -0.980. The Bertz CT molecular complexity index is 976. The van der Waals surface area contributed by atoms with Gasteiger partial charge in [0, 0.05) is 13.2 Å². The second-order valence-electron chi connectivity index (χ2n) is 8.69. The van der Waals surface area contributed by atoms with Gasteiger partial charge in [0.15, 0.2) is 0 Å². The number of aromatic nitrogens is 1. The predicted octanol–water partition coefficient (Wildman–Crippen LogP) is 3.55. The van der Waals surface area contributed by atoms with Crippen LogP contribution in [0.3, 0.4) is 0 Å². The summed E-state index contributed by atoms with van der Waals surface area (Å²) in [6.07, 6.45) is 2.14. The fourth-order valence-electron chi connectivity index (χ4n) is 3.20. The van der Waals surface area contributed by atoms with Crippen molar-refractivity contribution in [3.8, 4) is 5.75 Å². The van der Waals surface area contributed by atoms with E-state index in [-0.39, 0.29) is 12.5 Å². The second-order valence-corrected chi connectivity index (χ2v) is 9.84. The van der Waals surface area contributed by atoms with Gasteiger partial charge in [0.05, 0.1) is 11.8 Å². The third-order valence-corrected chi connectivity index (χ3v) is 5.87.